The van der Waals surface area contributed by atoms with Crippen molar-refractivity contribution < 1.29 is 23.8 Å². The number of amides is 2. The van der Waals surface area contributed by atoms with Gasteiger partial charge in [0, 0.05) is 16.7 Å². The second-order valence-electron chi connectivity index (χ2n) is 6.57. The van der Waals surface area contributed by atoms with Crippen molar-refractivity contribution in [3.05, 3.63) is 55.7 Å². The van der Waals surface area contributed by atoms with Gasteiger partial charge >= 0.3 is 0 Å². The Morgan fingerprint density at radius 1 is 1.03 bits per heavy atom. The van der Waals surface area contributed by atoms with E-state index < -0.39 is 5.91 Å². The van der Waals surface area contributed by atoms with E-state index in [1.54, 1.807) is 41.3 Å². The summed E-state index contributed by atoms with van der Waals surface area (Å²) in [4.78, 5) is 27.8. The number of likely N-dealkylation sites (N-methyl/N-ethyl adjacent to an activating group) is 1. The second kappa shape index (κ2) is 12.0. The third kappa shape index (κ3) is 6.07. The summed E-state index contributed by atoms with van der Waals surface area (Å²) in [5.41, 5.74) is 0.966. The molecule has 0 unspecified atom stereocenters. The Morgan fingerprint density at radius 2 is 1.62 bits per heavy atom. The molecule has 2 rings (SSSR count). The predicted octanol–water partition coefficient (Wildman–Crippen LogP) is 4.61. The van der Waals surface area contributed by atoms with Crippen LogP contribution in [0.3, 0.4) is 0 Å². The lowest BCUT2D eigenvalue weighted by Crippen LogP contribution is -2.38. The Morgan fingerprint density at radius 3 is 2.12 bits per heavy atom. The zero-order valence-electron chi connectivity index (χ0n) is 18.6. The first-order valence-electron chi connectivity index (χ1n) is 9.86. The maximum atomic E-state index is 13.2. The maximum absolute atomic E-state index is 13.2. The Bertz CT molecular complexity index is 996. The normalized spacial score (nSPS) is 11.0. The quantitative estimate of drug-likeness (QED) is 0.351. The molecule has 0 atom stereocenters. The zero-order chi connectivity index (χ0) is 23.8. The molecule has 2 amide bonds. The van der Waals surface area contributed by atoms with Crippen molar-refractivity contribution in [2.24, 2.45) is 0 Å². The average Bonchev–Trinajstić information content (AvgIpc) is 2.79. The van der Waals surface area contributed by atoms with Crippen LogP contribution in [0.15, 0.2) is 36.0 Å². The number of carbonyl (C=O) groups is 2. The number of rotatable bonds is 9. The van der Waals surface area contributed by atoms with Crippen molar-refractivity contribution in [3.8, 4) is 17.2 Å². The number of hydrogen-bond donors (Lipinski definition) is 1. The van der Waals surface area contributed by atoms with Crippen molar-refractivity contribution in [2.45, 2.75) is 13.8 Å². The molecule has 0 aliphatic rings. The Balaban J connectivity index is 2.57. The molecule has 2 aromatic carbocycles. The molecule has 2 aromatic rings. The fourth-order valence-corrected chi connectivity index (χ4v) is 3.74. The van der Waals surface area contributed by atoms with Crippen LogP contribution in [0.5, 0.6) is 17.2 Å². The van der Waals surface area contributed by atoms with Gasteiger partial charge < -0.3 is 24.4 Å². The molecular weight excluding hydrogens is 547 g/mol. The van der Waals surface area contributed by atoms with E-state index in [1.807, 2.05) is 13.8 Å². The number of nitrogens with zero attached hydrogens (tertiary/aromatic N) is 1. The van der Waals surface area contributed by atoms with Crippen LogP contribution in [-0.2, 0) is 4.79 Å². The van der Waals surface area contributed by atoms with Crippen LogP contribution in [0.25, 0.3) is 6.08 Å². The van der Waals surface area contributed by atoms with Crippen molar-refractivity contribution in [3.63, 3.8) is 0 Å². The minimum Gasteiger partial charge on any atom is -0.493 e. The molecule has 0 radical (unpaired) electrons. The Labute approximate surface area is 206 Å². The van der Waals surface area contributed by atoms with Gasteiger partial charge in [-0.1, -0.05) is 11.6 Å². The number of benzene rings is 2. The predicted molar refractivity (Wildman–Crippen MR) is 134 cm³/mol. The summed E-state index contributed by atoms with van der Waals surface area (Å²) in [5.74, 6) is 0.490. The van der Waals surface area contributed by atoms with Crippen LogP contribution in [0.4, 0.5) is 0 Å². The molecule has 0 spiro atoms. The SMILES string of the molecule is CCN(CC)C(=O)/C(=C/c1cc(OC)c(OC)c(OC)c1)NC(=O)c1cc(I)ccc1Cl. The van der Waals surface area contributed by atoms with Gasteiger partial charge in [0.25, 0.3) is 11.8 Å². The molecule has 1 N–H and O–H groups in total. The summed E-state index contributed by atoms with van der Waals surface area (Å²) in [6.07, 6.45) is 1.57. The van der Waals surface area contributed by atoms with E-state index >= 15 is 0 Å². The maximum Gasteiger partial charge on any atom is 0.270 e. The summed E-state index contributed by atoms with van der Waals surface area (Å²) < 4.78 is 17.0. The summed E-state index contributed by atoms with van der Waals surface area (Å²) >= 11 is 8.32. The monoisotopic (exact) mass is 572 g/mol. The summed E-state index contributed by atoms with van der Waals surface area (Å²) in [6, 6.07) is 8.50. The molecule has 0 aromatic heterocycles. The molecule has 0 aliphatic heterocycles. The van der Waals surface area contributed by atoms with E-state index in [9.17, 15) is 9.59 Å². The van der Waals surface area contributed by atoms with Gasteiger partial charge in [-0.05, 0) is 78.4 Å². The molecule has 172 valence electrons. The first kappa shape index (κ1) is 25.8. The molecule has 0 bridgehead atoms. The van der Waals surface area contributed by atoms with Crippen LogP contribution < -0.4 is 19.5 Å². The van der Waals surface area contributed by atoms with Crippen molar-refractivity contribution >= 4 is 52.1 Å². The Kier molecular flexibility index (Phi) is 9.64. The topological polar surface area (TPSA) is 77.1 Å². The third-order valence-corrected chi connectivity index (χ3v) is 5.70. The molecule has 0 aliphatic carbocycles. The number of ether oxygens (including phenoxy) is 3. The van der Waals surface area contributed by atoms with Crippen LogP contribution >= 0.6 is 34.2 Å². The van der Waals surface area contributed by atoms with E-state index in [0.29, 0.717) is 40.9 Å². The lowest BCUT2D eigenvalue weighted by molar-refractivity contribution is -0.127. The number of nitrogens with one attached hydrogen (secondary N) is 1. The Hall–Kier alpha value is -2.46. The van der Waals surface area contributed by atoms with Crippen LogP contribution in [0, 0.1) is 3.57 Å². The average molecular weight is 573 g/mol. The second-order valence-corrected chi connectivity index (χ2v) is 8.23. The van der Waals surface area contributed by atoms with E-state index in [4.69, 9.17) is 25.8 Å². The number of hydrogen-bond acceptors (Lipinski definition) is 5. The smallest absolute Gasteiger partial charge is 0.270 e. The molecule has 0 saturated heterocycles. The van der Waals surface area contributed by atoms with E-state index in [-0.39, 0.29) is 17.2 Å². The summed E-state index contributed by atoms with van der Waals surface area (Å²) in [5, 5.41) is 3.03. The number of carbonyl (C=O) groups excluding carboxylic acids is 2. The van der Waals surface area contributed by atoms with Gasteiger partial charge in [-0.15, -0.1) is 0 Å². The first-order chi connectivity index (χ1) is 15.3. The van der Waals surface area contributed by atoms with Gasteiger partial charge in [-0.25, -0.2) is 0 Å². The van der Waals surface area contributed by atoms with Crippen molar-refractivity contribution in [1.29, 1.82) is 0 Å². The molecular formula is C23H26ClIN2O5. The standard InChI is InChI=1S/C23H26ClIN2O5/c1-6-27(7-2)23(29)18(26-22(28)16-13-15(25)8-9-17(16)24)10-14-11-19(30-3)21(32-5)20(12-14)31-4/h8-13H,6-7H2,1-5H3,(H,26,28)/b18-10-. The van der Waals surface area contributed by atoms with Gasteiger partial charge in [0.1, 0.15) is 5.70 Å². The lowest BCUT2D eigenvalue weighted by Gasteiger charge is -2.21. The lowest BCUT2D eigenvalue weighted by atomic mass is 10.1. The largest absolute Gasteiger partial charge is 0.493 e. The van der Waals surface area contributed by atoms with Crippen molar-refractivity contribution in [2.75, 3.05) is 34.4 Å². The van der Waals surface area contributed by atoms with E-state index in [2.05, 4.69) is 27.9 Å². The number of halogens is 2. The molecule has 0 saturated carbocycles. The van der Waals surface area contributed by atoms with Gasteiger partial charge in [0.15, 0.2) is 11.5 Å². The highest BCUT2D eigenvalue weighted by Gasteiger charge is 2.21. The fourth-order valence-electron chi connectivity index (χ4n) is 3.04. The highest BCUT2D eigenvalue weighted by Crippen LogP contribution is 2.38. The van der Waals surface area contributed by atoms with E-state index in [0.717, 1.165) is 3.57 Å². The minimum absolute atomic E-state index is 0.0999. The highest BCUT2D eigenvalue weighted by molar-refractivity contribution is 14.1. The van der Waals surface area contributed by atoms with Gasteiger partial charge in [-0.2, -0.15) is 0 Å². The molecule has 0 heterocycles. The number of methoxy groups -OCH3 is 3. The molecule has 7 nitrogen and oxygen atoms in total. The van der Waals surface area contributed by atoms with Gasteiger partial charge in [0.2, 0.25) is 5.75 Å². The molecule has 32 heavy (non-hydrogen) atoms. The van der Waals surface area contributed by atoms with Gasteiger partial charge in [-0.3, -0.25) is 9.59 Å². The first-order valence-corrected chi connectivity index (χ1v) is 11.3. The highest BCUT2D eigenvalue weighted by atomic mass is 127. The van der Waals surface area contributed by atoms with Crippen molar-refractivity contribution in [1.82, 2.24) is 10.2 Å². The minimum atomic E-state index is -0.479. The summed E-state index contributed by atoms with van der Waals surface area (Å²) in [6.45, 7) is 4.72. The van der Waals surface area contributed by atoms with Gasteiger partial charge in [0.05, 0.1) is 31.9 Å². The van der Waals surface area contributed by atoms with Crippen LogP contribution in [0.2, 0.25) is 5.02 Å². The van der Waals surface area contributed by atoms with Crippen LogP contribution in [-0.4, -0.2) is 51.1 Å². The third-order valence-electron chi connectivity index (χ3n) is 4.70. The summed E-state index contributed by atoms with van der Waals surface area (Å²) in [7, 11) is 4.53. The zero-order valence-corrected chi connectivity index (χ0v) is 21.5. The fraction of sp³-hybridized carbons (Fsp3) is 0.304. The van der Waals surface area contributed by atoms with Crippen LogP contribution in [0.1, 0.15) is 29.8 Å². The molecule has 9 heteroatoms. The molecule has 0 fully saturated rings. The van der Waals surface area contributed by atoms with E-state index in [1.165, 1.54) is 21.3 Å².